The Labute approximate surface area is 139 Å². The van der Waals surface area contributed by atoms with Crippen LogP contribution in [0.5, 0.6) is 0 Å². The van der Waals surface area contributed by atoms with Crippen molar-refractivity contribution in [3.63, 3.8) is 0 Å². The Bertz CT molecular complexity index is 641. The first-order chi connectivity index (χ1) is 11.4. The Balaban J connectivity index is 1.99. The van der Waals surface area contributed by atoms with E-state index in [0.717, 1.165) is 37.3 Å². The van der Waals surface area contributed by atoms with E-state index in [4.69, 9.17) is 10.9 Å². The summed E-state index contributed by atoms with van der Waals surface area (Å²) in [5.41, 5.74) is 3.03. The Kier molecular flexibility index (Phi) is 5.69. The maximum Gasteiger partial charge on any atom is 0.323 e. The number of aromatic nitrogens is 1. The fourth-order valence-electron chi connectivity index (χ4n) is 2.82. The van der Waals surface area contributed by atoms with Crippen LogP contribution in [0.3, 0.4) is 0 Å². The number of amides is 2. The maximum atomic E-state index is 11.5. The predicted octanol–water partition coefficient (Wildman–Crippen LogP) is 0.00952. The minimum absolute atomic E-state index is 0.201. The number of hydrogen-bond acceptors (Lipinski definition) is 6. The Morgan fingerprint density at radius 2 is 2.00 bits per heavy atom. The highest BCUT2D eigenvalue weighted by molar-refractivity contribution is 6.39. The lowest BCUT2D eigenvalue weighted by Gasteiger charge is -2.33. The van der Waals surface area contributed by atoms with Gasteiger partial charge < -0.3 is 15.3 Å². The standard InChI is InChI=1S/C15H21N5O4/c1-9-6-11(18-14(23)15(24)19-16)8-17-13(9)20-4-2-10(3-5-20)7-12(21)22/h6,8,10H,2-5,7,16H2,1H3,(H,18,23)(H,19,24)(H,21,22). The van der Waals surface area contributed by atoms with Crippen molar-refractivity contribution in [3.8, 4) is 0 Å². The average Bonchev–Trinajstić information content (AvgIpc) is 2.54. The van der Waals surface area contributed by atoms with Crippen molar-refractivity contribution in [1.29, 1.82) is 0 Å². The molecule has 0 atom stereocenters. The fourth-order valence-corrected chi connectivity index (χ4v) is 2.82. The van der Waals surface area contributed by atoms with Gasteiger partial charge in [-0.2, -0.15) is 0 Å². The van der Waals surface area contributed by atoms with Gasteiger partial charge in [-0.15, -0.1) is 0 Å². The number of hydrogen-bond donors (Lipinski definition) is 4. The Morgan fingerprint density at radius 1 is 1.33 bits per heavy atom. The summed E-state index contributed by atoms with van der Waals surface area (Å²) < 4.78 is 0. The number of aryl methyl sites for hydroxylation is 1. The van der Waals surface area contributed by atoms with E-state index in [1.54, 1.807) is 11.5 Å². The van der Waals surface area contributed by atoms with Gasteiger partial charge in [-0.25, -0.2) is 10.8 Å². The number of carbonyl (C=O) groups excluding carboxylic acids is 2. The Morgan fingerprint density at radius 3 is 2.54 bits per heavy atom. The number of piperidine rings is 1. The second kappa shape index (κ2) is 7.73. The maximum absolute atomic E-state index is 11.5. The molecule has 9 heteroatoms. The number of nitrogens with zero attached hydrogens (tertiary/aromatic N) is 2. The number of rotatable bonds is 4. The van der Waals surface area contributed by atoms with E-state index in [9.17, 15) is 14.4 Å². The molecule has 2 amide bonds. The summed E-state index contributed by atoms with van der Waals surface area (Å²) in [6.07, 6.45) is 3.30. The number of anilines is 2. The van der Waals surface area contributed by atoms with Crippen molar-refractivity contribution >= 4 is 29.3 Å². The topological polar surface area (TPSA) is 138 Å². The van der Waals surface area contributed by atoms with Crippen LogP contribution in [0.15, 0.2) is 12.3 Å². The molecule has 5 N–H and O–H groups in total. The molecule has 24 heavy (non-hydrogen) atoms. The number of carboxylic acid groups (broad SMARTS) is 1. The van der Waals surface area contributed by atoms with Gasteiger partial charge in [0.15, 0.2) is 0 Å². The molecule has 1 aromatic rings. The van der Waals surface area contributed by atoms with Crippen molar-refractivity contribution in [3.05, 3.63) is 17.8 Å². The first-order valence-corrected chi connectivity index (χ1v) is 7.66. The van der Waals surface area contributed by atoms with Crippen LogP contribution >= 0.6 is 0 Å². The first-order valence-electron chi connectivity index (χ1n) is 7.66. The third kappa shape index (κ3) is 4.42. The third-order valence-corrected chi connectivity index (χ3v) is 4.02. The van der Waals surface area contributed by atoms with Crippen molar-refractivity contribution in [2.24, 2.45) is 11.8 Å². The minimum atomic E-state index is -0.933. The van der Waals surface area contributed by atoms with E-state index in [0.29, 0.717) is 5.69 Å². The van der Waals surface area contributed by atoms with Crippen LogP contribution in [0, 0.1) is 12.8 Å². The molecule has 0 aromatic carbocycles. The molecule has 0 saturated carbocycles. The molecule has 0 spiro atoms. The van der Waals surface area contributed by atoms with Gasteiger partial charge in [-0.3, -0.25) is 19.8 Å². The second-order valence-corrected chi connectivity index (χ2v) is 5.82. The SMILES string of the molecule is Cc1cc(NC(=O)C(=O)NN)cnc1N1CCC(CC(=O)O)CC1. The number of hydrazine groups is 1. The molecule has 130 valence electrons. The zero-order chi connectivity index (χ0) is 17.7. The number of pyridine rings is 1. The molecule has 9 nitrogen and oxygen atoms in total. The van der Waals surface area contributed by atoms with Crippen molar-refractivity contribution < 1.29 is 19.5 Å². The summed E-state index contributed by atoms with van der Waals surface area (Å²) in [5.74, 6) is 3.34. The lowest BCUT2D eigenvalue weighted by Crippen LogP contribution is -2.39. The van der Waals surface area contributed by atoms with Crippen molar-refractivity contribution in [1.82, 2.24) is 10.4 Å². The third-order valence-electron chi connectivity index (χ3n) is 4.02. The predicted molar refractivity (Wildman–Crippen MR) is 87.1 cm³/mol. The van der Waals surface area contributed by atoms with Crippen molar-refractivity contribution in [2.45, 2.75) is 26.2 Å². The monoisotopic (exact) mass is 335 g/mol. The highest BCUT2D eigenvalue weighted by Crippen LogP contribution is 2.27. The lowest BCUT2D eigenvalue weighted by atomic mass is 9.93. The number of nitrogens with one attached hydrogen (secondary N) is 2. The summed E-state index contributed by atoms with van der Waals surface area (Å²) in [7, 11) is 0. The van der Waals surface area contributed by atoms with E-state index >= 15 is 0 Å². The summed E-state index contributed by atoms with van der Waals surface area (Å²) in [5, 5.41) is 11.3. The summed E-state index contributed by atoms with van der Waals surface area (Å²) >= 11 is 0. The second-order valence-electron chi connectivity index (χ2n) is 5.82. The molecule has 1 aromatic heterocycles. The van der Waals surface area contributed by atoms with E-state index < -0.39 is 17.8 Å². The summed E-state index contributed by atoms with van der Waals surface area (Å²) in [4.78, 5) is 39.8. The largest absolute Gasteiger partial charge is 0.481 e. The molecule has 1 aliphatic rings. The van der Waals surface area contributed by atoms with Crippen LogP contribution < -0.4 is 21.5 Å². The van der Waals surface area contributed by atoms with Crippen LogP contribution in [0.25, 0.3) is 0 Å². The number of carbonyl (C=O) groups is 3. The molecule has 1 aliphatic heterocycles. The Hall–Kier alpha value is -2.68. The smallest absolute Gasteiger partial charge is 0.323 e. The zero-order valence-electron chi connectivity index (χ0n) is 13.4. The van der Waals surface area contributed by atoms with E-state index in [1.165, 1.54) is 6.20 Å². The van der Waals surface area contributed by atoms with Gasteiger partial charge in [0.1, 0.15) is 5.82 Å². The highest BCUT2D eigenvalue weighted by atomic mass is 16.4. The minimum Gasteiger partial charge on any atom is -0.481 e. The molecule has 0 bridgehead atoms. The fraction of sp³-hybridized carbons (Fsp3) is 0.467. The van der Waals surface area contributed by atoms with Crippen LogP contribution in [0.1, 0.15) is 24.8 Å². The lowest BCUT2D eigenvalue weighted by molar-refractivity contribution is -0.138. The number of carboxylic acids is 1. The molecule has 1 fully saturated rings. The average molecular weight is 335 g/mol. The van der Waals surface area contributed by atoms with Gasteiger partial charge in [-0.05, 0) is 37.3 Å². The summed E-state index contributed by atoms with van der Waals surface area (Å²) in [6.45, 7) is 3.35. The van der Waals surface area contributed by atoms with Crippen LogP contribution in [0.4, 0.5) is 11.5 Å². The van der Waals surface area contributed by atoms with Crippen LogP contribution in [0.2, 0.25) is 0 Å². The van der Waals surface area contributed by atoms with Gasteiger partial charge in [-0.1, -0.05) is 0 Å². The van der Waals surface area contributed by atoms with Gasteiger partial charge in [0.25, 0.3) is 0 Å². The molecular weight excluding hydrogens is 314 g/mol. The number of aliphatic carboxylic acids is 1. The van der Waals surface area contributed by atoms with Gasteiger partial charge in [0, 0.05) is 19.5 Å². The molecule has 0 radical (unpaired) electrons. The molecule has 2 heterocycles. The normalized spacial score (nSPS) is 15.0. The molecule has 0 unspecified atom stereocenters. The van der Waals surface area contributed by atoms with Crippen LogP contribution in [-0.2, 0) is 14.4 Å². The highest BCUT2D eigenvalue weighted by Gasteiger charge is 2.23. The van der Waals surface area contributed by atoms with E-state index in [-0.39, 0.29) is 12.3 Å². The molecule has 0 aliphatic carbocycles. The molecule has 1 saturated heterocycles. The van der Waals surface area contributed by atoms with E-state index in [1.807, 2.05) is 6.92 Å². The van der Waals surface area contributed by atoms with Gasteiger partial charge in [0.05, 0.1) is 11.9 Å². The van der Waals surface area contributed by atoms with Crippen molar-refractivity contribution in [2.75, 3.05) is 23.3 Å². The summed E-state index contributed by atoms with van der Waals surface area (Å²) in [6, 6.07) is 1.73. The molecular formula is C15H21N5O4. The van der Waals surface area contributed by atoms with Gasteiger partial charge >= 0.3 is 17.8 Å². The first kappa shape index (κ1) is 17.7. The quantitative estimate of drug-likeness (QED) is 0.263. The van der Waals surface area contributed by atoms with Crippen LogP contribution in [-0.4, -0.2) is 41.0 Å². The van der Waals surface area contributed by atoms with E-state index in [2.05, 4.69) is 15.2 Å². The van der Waals surface area contributed by atoms with Gasteiger partial charge in [0.2, 0.25) is 0 Å². The number of nitrogens with two attached hydrogens (primary N) is 1. The molecule has 2 rings (SSSR count). The zero-order valence-corrected chi connectivity index (χ0v) is 13.4.